The molecule has 0 saturated carbocycles. The molecule has 31 heavy (non-hydrogen) atoms. The Morgan fingerprint density at radius 1 is 1.16 bits per heavy atom. The quantitative estimate of drug-likeness (QED) is 0.580. The maximum Gasteiger partial charge on any atom is 0.263 e. The minimum Gasteiger partial charge on any atom is -0.359 e. The molecule has 0 atom stereocenters. The van der Waals surface area contributed by atoms with E-state index in [-0.39, 0.29) is 5.91 Å². The topological polar surface area (TPSA) is 60.5 Å². The van der Waals surface area contributed by atoms with Crippen LogP contribution in [-0.4, -0.2) is 65.0 Å². The van der Waals surface area contributed by atoms with Crippen molar-refractivity contribution in [1.29, 1.82) is 0 Å². The summed E-state index contributed by atoms with van der Waals surface area (Å²) < 4.78 is 0. The molecule has 0 unspecified atom stereocenters. The van der Waals surface area contributed by atoms with Crippen LogP contribution < -0.4 is 10.6 Å². The molecule has 0 spiro atoms. The fourth-order valence-electron chi connectivity index (χ4n) is 4.20. The Morgan fingerprint density at radius 3 is 2.48 bits per heavy atom. The number of nitrogens with one attached hydrogen (secondary N) is 2. The van der Waals surface area contributed by atoms with Crippen LogP contribution in [0.4, 0.5) is 5.13 Å². The molecule has 6 nitrogen and oxygen atoms in total. The minimum atomic E-state index is -0.0318. The third kappa shape index (κ3) is 7.30. The first-order chi connectivity index (χ1) is 14.9. The summed E-state index contributed by atoms with van der Waals surface area (Å²) in [6, 6.07) is 12.0. The van der Waals surface area contributed by atoms with Crippen LogP contribution in [-0.2, 0) is 6.54 Å². The van der Waals surface area contributed by atoms with Crippen molar-refractivity contribution in [2.24, 2.45) is 0 Å². The van der Waals surface area contributed by atoms with Gasteiger partial charge in [-0.25, -0.2) is 4.98 Å². The highest BCUT2D eigenvalue weighted by molar-refractivity contribution is 7.17. The molecule has 7 heteroatoms. The van der Waals surface area contributed by atoms with E-state index in [0.29, 0.717) is 29.5 Å². The van der Waals surface area contributed by atoms with Gasteiger partial charge >= 0.3 is 0 Å². The lowest BCUT2D eigenvalue weighted by molar-refractivity contribution is 0.0943. The summed E-state index contributed by atoms with van der Waals surface area (Å²) in [6.45, 7) is 13.4. The Bertz CT molecular complexity index is 791. The van der Waals surface area contributed by atoms with Gasteiger partial charge in [0.05, 0.1) is 6.20 Å². The Kier molecular flexibility index (Phi) is 8.87. The molecular formula is C24H37N5OS. The van der Waals surface area contributed by atoms with E-state index >= 15 is 0 Å². The molecule has 1 amide bonds. The molecule has 2 N–H and O–H groups in total. The summed E-state index contributed by atoms with van der Waals surface area (Å²) in [7, 11) is 0. The number of hydrogen-bond acceptors (Lipinski definition) is 6. The zero-order valence-electron chi connectivity index (χ0n) is 19.3. The lowest BCUT2D eigenvalue weighted by Crippen LogP contribution is -2.42. The highest BCUT2D eigenvalue weighted by atomic mass is 32.1. The molecule has 1 aliphatic rings. The number of carbonyl (C=O) groups is 1. The van der Waals surface area contributed by atoms with Crippen LogP contribution in [0.1, 0.15) is 55.8 Å². The Labute approximate surface area is 191 Å². The van der Waals surface area contributed by atoms with Crippen molar-refractivity contribution in [1.82, 2.24) is 20.1 Å². The zero-order valence-corrected chi connectivity index (χ0v) is 20.1. The highest BCUT2D eigenvalue weighted by Crippen LogP contribution is 2.22. The predicted molar refractivity (Wildman–Crippen MR) is 130 cm³/mol. The van der Waals surface area contributed by atoms with E-state index in [1.807, 2.05) is 0 Å². The number of rotatable bonds is 10. The number of likely N-dealkylation sites (tertiary alicyclic amines) is 1. The van der Waals surface area contributed by atoms with Gasteiger partial charge in [-0.15, -0.1) is 0 Å². The summed E-state index contributed by atoms with van der Waals surface area (Å²) in [5.74, 6) is -0.0318. The van der Waals surface area contributed by atoms with Gasteiger partial charge in [-0.05, 0) is 46.1 Å². The number of nitrogens with zero attached hydrogens (tertiary/aromatic N) is 3. The third-order valence-corrected chi connectivity index (χ3v) is 6.80. The average molecular weight is 444 g/mol. The first kappa shape index (κ1) is 23.7. The number of benzene rings is 1. The summed E-state index contributed by atoms with van der Waals surface area (Å²) in [6.07, 6.45) is 3.87. The summed E-state index contributed by atoms with van der Waals surface area (Å²) >= 11 is 1.45. The molecule has 1 aromatic carbocycles. The van der Waals surface area contributed by atoms with Crippen molar-refractivity contribution in [2.75, 3.05) is 31.5 Å². The van der Waals surface area contributed by atoms with Crippen LogP contribution in [0.15, 0.2) is 36.5 Å². The van der Waals surface area contributed by atoms with Gasteiger partial charge in [0.1, 0.15) is 4.88 Å². The fraction of sp³-hybridized carbons (Fsp3) is 0.583. The first-order valence-electron chi connectivity index (χ1n) is 11.4. The molecule has 1 saturated heterocycles. The van der Waals surface area contributed by atoms with Crippen molar-refractivity contribution in [2.45, 2.75) is 65.2 Å². The maximum absolute atomic E-state index is 12.5. The van der Waals surface area contributed by atoms with Crippen LogP contribution in [0.3, 0.4) is 0 Å². The molecule has 0 aliphatic carbocycles. The molecule has 0 bridgehead atoms. The molecule has 1 aliphatic heterocycles. The second kappa shape index (κ2) is 11.6. The number of piperidine rings is 1. The molecule has 1 aromatic heterocycles. The van der Waals surface area contributed by atoms with E-state index in [2.05, 4.69) is 83.4 Å². The summed E-state index contributed by atoms with van der Waals surface area (Å²) in [5, 5.41) is 7.42. The average Bonchev–Trinajstić information content (AvgIpc) is 3.21. The monoisotopic (exact) mass is 443 g/mol. The normalized spacial score (nSPS) is 15.7. The van der Waals surface area contributed by atoms with Crippen molar-refractivity contribution in [3.05, 3.63) is 47.0 Å². The maximum atomic E-state index is 12.5. The minimum absolute atomic E-state index is 0.0318. The SMILES string of the molecule is CC(C)N(CCNC(=O)c1cnc(NC2CCN(Cc3ccccc3)CC2)s1)C(C)C. The van der Waals surface area contributed by atoms with E-state index in [1.165, 1.54) is 16.9 Å². The van der Waals surface area contributed by atoms with E-state index in [0.717, 1.165) is 44.2 Å². The molecule has 3 rings (SSSR count). The van der Waals surface area contributed by atoms with Gasteiger partial charge in [0, 0.05) is 50.8 Å². The standard InChI is InChI=1S/C24H37N5OS/c1-18(2)29(19(3)4)15-12-25-23(30)22-16-26-24(31-22)27-21-10-13-28(14-11-21)17-20-8-6-5-7-9-20/h5-9,16,18-19,21H,10-15,17H2,1-4H3,(H,25,30)(H,26,27). The van der Waals surface area contributed by atoms with E-state index in [9.17, 15) is 4.79 Å². The number of thiazole rings is 1. The van der Waals surface area contributed by atoms with Crippen molar-refractivity contribution < 1.29 is 4.79 Å². The Balaban J connectivity index is 1.40. The lowest BCUT2D eigenvalue weighted by Gasteiger charge is -2.32. The van der Waals surface area contributed by atoms with E-state index < -0.39 is 0 Å². The molecule has 1 fully saturated rings. The fourth-order valence-corrected chi connectivity index (χ4v) is 5.01. The largest absolute Gasteiger partial charge is 0.359 e. The molecule has 2 aromatic rings. The van der Waals surface area contributed by atoms with Gasteiger partial charge in [-0.1, -0.05) is 41.7 Å². The van der Waals surface area contributed by atoms with Crippen LogP contribution in [0.5, 0.6) is 0 Å². The summed E-state index contributed by atoms with van der Waals surface area (Å²) in [5.41, 5.74) is 1.37. The van der Waals surface area contributed by atoms with E-state index in [4.69, 9.17) is 0 Å². The Hall–Kier alpha value is -1.96. The molecule has 2 heterocycles. The molecule has 0 radical (unpaired) electrons. The number of amides is 1. The number of anilines is 1. The van der Waals surface area contributed by atoms with Crippen LogP contribution >= 0.6 is 11.3 Å². The van der Waals surface area contributed by atoms with Crippen molar-refractivity contribution in [3.8, 4) is 0 Å². The first-order valence-corrected chi connectivity index (χ1v) is 12.3. The van der Waals surface area contributed by atoms with Crippen molar-refractivity contribution >= 4 is 22.4 Å². The second-order valence-electron chi connectivity index (χ2n) is 8.89. The third-order valence-electron chi connectivity index (χ3n) is 5.88. The second-order valence-corrected chi connectivity index (χ2v) is 9.92. The molecule has 170 valence electrons. The van der Waals surface area contributed by atoms with E-state index in [1.54, 1.807) is 6.20 Å². The van der Waals surface area contributed by atoms with Gasteiger partial charge in [0.2, 0.25) is 0 Å². The van der Waals surface area contributed by atoms with Crippen LogP contribution in [0.2, 0.25) is 0 Å². The Morgan fingerprint density at radius 2 is 1.84 bits per heavy atom. The van der Waals surface area contributed by atoms with Crippen LogP contribution in [0, 0.1) is 0 Å². The van der Waals surface area contributed by atoms with Crippen molar-refractivity contribution in [3.63, 3.8) is 0 Å². The van der Waals surface area contributed by atoms with Gasteiger partial charge < -0.3 is 10.6 Å². The number of aromatic nitrogens is 1. The predicted octanol–water partition coefficient (Wildman–Crippen LogP) is 4.07. The molecular weight excluding hydrogens is 406 g/mol. The van der Waals surface area contributed by atoms with Gasteiger partial charge in [-0.2, -0.15) is 0 Å². The number of hydrogen-bond donors (Lipinski definition) is 2. The number of carbonyl (C=O) groups excluding carboxylic acids is 1. The van der Waals surface area contributed by atoms with Gasteiger partial charge in [0.15, 0.2) is 5.13 Å². The summed E-state index contributed by atoms with van der Waals surface area (Å²) in [4.78, 5) is 22.5. The van der Waals surface area contributed by atoms with Crippen LogP contribution in [0.25, 0.3) is 0 Å². The zero-order chi connectivity index (χ0) is 22.2. The van der Waals surface area contributed by atoms with Gasteiger partial charge in [0.25, 0.3) is 5.91 Å². The highest BCUT2D eigenvalue weighted by Gasteiger charge is 2.21. The smallest absolute Gasteiger partial charge is 0.263 e. The lowest BCUT2D eigenvalue weighted by atomic mass is 10.0. The van der Waals surface area contributed by atoms with Gasteiger partial charge in [-0.3, -0.25) is 14.6 Å².